The fraction of sp³-hybridized carbons (Fsp3) is 0.556. The van der Waals surface area contributed by atoms with Crippen molar-refractivity contribution in [3.63, 3.8) is 0 Å². The van der Waals surface area contributed by atoms with E-state index in [4.69, 9.17) is 5.73 Å². The van der Waals surface area contributed by atoms with Crippen LogP contribution in [0.2, 0.25) is 0 Å². The van der Waals surface area contributed by atoms with Gasteiger partial charge < -0.3 is 10.7 Å². The third kappa shape index (κ3) is 4.15. The van der Waals surface area contributed by atoms with Crippen LogP contribution in [0.5, 0.6) is 0 Å². The second kappa shape index (κ2) is 7.97. The van der Waals surface area contributed by atoms with Crippen molar-refractivity contribution in [2.75, 3.05) is 6.54 Å². The van der Waals surface area contributed by atoms with E-state index >= 15 is 0 Å². The number of H-pyrrole nitrogens is 1. The van der Waals surface area contributed by atoms with Crippen molar-refractivity contribution in [1.29, 1.82) is 0 Å². The topological polar surface area (TPSA) is 71.8 Å². The van der Waals surface area contributed by atoms with Crippen molar-refractivity contribution in [3.8, 4) is 0 Å². The number of hydrogen-bond acceptors (Lipinski definition) is 4. The van der Waals surface area contributed by atoms with Gasteiger partial charge in [0.1, 0.15) is 5.82 Å². The summed E-state index contributed by atoms with van der Waals surface area (Å²) in [5, 5.41) is 1.35. The standard InChI is InChI=1S/C17H23N3OS.CH4/c1-11-3-2-4-14-16(11)19-15(20-17(14)21)10-22-13-6-5-12(9-13)7-8-18;/h2-4,12-13H,5-10,18H2,1H3,(H,19,20,21);1H4/t12-,13+;/m0./s1. The van der Waals surface area contributed by atoms with Crippen molar-refractivity contribution in [1.82, 2.24) is 9.97 Å². The van der Waals surface area contributed by atoms with E-state index in [1.165, 1.54) is 19.3 Å². The predicted octanol–water partition coefficient (Wildman–Crippen LogP) is 3.62. The third-order valence-electron chi connectivity index (χ3n) is 4.51. The Morgan fingerprint density at radius 1 is 1.39 bits per heavy atom. The zero-order valence-electron chi connectivity index (χ0n) is 13.0. The zero-order chi connectivity index (χ0) is 15.5. The molecule has 1 aliphatic rings. The number of nitrogens with zero attached hydrogens (tertiary/aromatic N) is 1. The van der Waals surface area contributed by atoms with E-state index < -0.39 is 0 Å². The van der Waals surface area contributed by atoms with Gasteiger partial charge in [0.25, 0.3) is 5.56 Å². The molecule has 1 heterocycles. The van der Waals surface area contributed by atoms with Gasteiger partial charge in [0.05, 0.1) is 16.7 Å². The molecule has 0 saturated heterocycles. The lowest BCUT2D eigenvalue weighted by Gasteiger charge is -2.10. The van der Waals surface area contributed by atoms with Gasteiger partial charge in [-0.3, -0.25) is 4.79 Å². The number of aryl methyl sites for hydroxylation is 1. The molecule has 5 heteroatoms. The second-order valence-electron chi connectivity index (χ2n) is 6.17. The molecule has 4 nitrogen and oxygen atoms in total. The number of nitrogens with two attached hydrogens (primary N) is 1. The first-order valence-electron chi connectivity index (χ1n) is 7.97. The maximum absolute atomic E-state index is 12.2. The van der Waals surface area contributed by atoms with Gasteiger partial charge in [-0.25, -0.2) is 4.98 Å². The van der Waals surface area contributed by atoms with Crippen LogP contribution in [0.3, 0.4) is 0 Å². The Morgan fingerprint density at radius 2 is 2.22 bits per heavy atom. The average Bonchev–Trinajstić information content (AvgIpc) is 2.94. The van der Waals surface area contributed by atoms with Crippen LogP contribution < -0.4 is 11.3 Å². The summed E-state index contributed by atoms with van der Waals surface area (Å²) in [6, 6.07) is 5.73. The first kappa shape index (κ1) is 18.0. The monoisotopic (exact) mass is 333 g/mol. The Labute approximate surface area is 142 Å². The molecule has 0 unspecified atom stereocenters. The maximum Gasteiger partial charge on any atom is 0.258 e. The molecule has 1 aromatic carbocycles. The molecule has 0 radical (unpaired) electrons. The first-order valence-corrected chi connectivity index (χ1v) is 9.02. The van der Waals surface area contributed by atoms with Crippen LogP contribution >= 0.6 is 11.8 Å². The van der Waals surface area contributed by atoms with Crippen LogP contribution in [0.4, 0.5) is 0 Å². The van der Waals surface area contributed by atoms with E-state index in [1.807, 2.05) is 36.9 Å². The number of rotatable bonds is 5. The van der Waals surface area contributed by atoms with Gasteiger partial charge in [0, 0.05) is 5.25 Å². The van der Waals surface area contributed by atoms with E-state index in [9.17, 15) is 4.79 Å². The van der Waals surface area contributed by atoms with Gasteiger partial charge in [-0.15, -0.1) is 0 Å². The number of para-hydroxylation sites is 1. The molecule has 3 N–H and O–H groups in total. The Hall–Kier alpha value is -1.33. The fourth-order valence-corrected chi connectivity index (χ4v) is 4.54. The van der Waals surface area contributed by atoms with Crippen molar-refractivity contribution >= 4 is 22.7 Å². The highest BCUT2D eigenvalue weighted by Crippen LogP contribution is 2.36. The van der Waals surface area contributed by atoms with E-state index in [2.05, 4.69) is 9.97 Å². The van der Waals surface area contributed by atoms with Gasteiger partial charge in [-0.1, -0.05) is 19.6 Å². The predicted molar refractivity (Wildman–Crippen MR) is 99.9 cm³/mol. The molecule has 23 heavy (non-hydrogen) atoms. The van der Waals surface area contributed by atoms with Crippen LogP contribution in [0.25, 0.3) is 10.9 Å². The fourth-order valence-electron chi connectivity index (χ4n) is 3.30. The van der Waals surface area contributed by atoms with Crippen LogP contribution in [0.1, 0.15) is 44.5 Å². The molecular weight excluding hydrogens is 306 g/mol. The summed E-state index contributed by atoms with van der Waals surface area (Å²) in [4.78, 5) is 19.8. The Kier molecular flexibility index (Phi) is 6.25. The van der Waals surface area contributed by atoms with Gasteiger partial charge in [-0.2, -0.15) is 11.8 Å². The van der Waals surface area contributed by atoms with E-state index in [0.29, 0.717) is 10.6 Å². The lowest BCUT2D eigenvalue weighted by atomic mass is 10.1. The molecule has 2 atom stereocenters. The van der Waals surface area contributed by atoms with Gasteiger partial charge in [0.15, 0.2) is 0 Å². The van der Waals surface area contributed by atoms with Gasteiger partial charge in [0.2, 0.25) is 0 Å². The van der Waals surface area contributed by atoms with Crippen molar-refractivity contribution in [2.24, 2.45) is 11.7 Å². The van der Waals surface area contributed by atoms with Gasteiger partial charge >= 0.3 is 0 Å². The number of thioether (sulfide) groups is 1. The Morgan fingerprint density at radius 3 is 3.00 bits per heavy atom. The van der Waals surface area contributed by atoms with Crippen molar-refractivity contribution < 1.29 is 0 Å². The minimum Gasteiger partial charge on any atom is -0.330 e. The van der Waals surface area contributed by atoms with Crippen LogP contribution in [0.15, 0.2) is 23.0 Å². The summed E-state index contributed by atoms with van der Waals surface area (Å²) in [6.07, 6.45) is 4.93. The summed E-state index contributed by atoms with van der Waals surface area (Å²) >= 11 is 1.92. The molecule has 1 aromatic heterocycles. The van der Waals surface area contributed by atoms with E-state index in [0.717, 1.165) is 41.5 Å². The number of fused-ring (bicyclic) bond motifs is 1. The summed E-state index contributed by atoms with van der Waals surface area (Å²) in [7, 11) is 0. The average molecular weight is 334 g/mol. The highest BCUT2D eigenvalue weighted by atomic mass is 32.2. The molecule has 0 aliphatic heterocycles. The summed E-state index contributed by atoms with van der Waals surface area (Å²) in [6.45, 7) is 2.79. The van der Waals surface area contributed by atoms with E-state index in [-0.39, 0.29) is 13.0 Å². The Balaban J connectivity index is 0.00000192. The lowest BCUT2D eigenvalue weighted by molar-refractivity contribution is 0.512. The minimum absolute atomic E-state index is 0. The SMILES string of the molecule is C.Cc1cccc2c(=O)[nH]c(CS[C@@H]3CC[C@@H](CCN)C3)nc12. The second-order valence-corrected chi connectivity index (χ2v) is 7.46. The highest BCUT2D eigenvalue weighted by Gasteiger charge is 2.24. The summed E-state index contributed by atoms with van der Waals surface area (Å²) < 4.78 is 0. The third-order valence-corrected chi connectivity index (χ3v) is 5.85. The van der Waals surface area contributed by atoms with Crippen LogP contribution in [-0.2, 0) is 5.75 Å². The quantitative estimate of drug-likeness (QED) is 0.876. The molecular formula is C18H27N3OS. The number of aromatic amines is 1. The summed E-state index contributed by atoms with van der Waals surface area (Å²) in [5.74, 6) is 2.35. The molecule has 1 saturated carbocycles. The molecule has 3 rings (SSSR count). The normalized spacial score (nSPS) is 20.6. The molecule has 0 amide bonds. The zero-order valence-corrected chi connectivity index (χ0v) is 13.8. The Bertz CT molecular complexity index is 713. The number of nitrogens with one attached hydrogen (secondary N) is 1. The molecule has 0 spiro atoms. The number of benzene rings is 1. The first-order chi connectivity index (χ1) is 10.7. The maximum atomic E-state index is 12.2. The minimum atomic E-state index is -0.0308. The van der Waals surface area contributed by atoms with Crippen molar-refractivity contribution in [2.45, 2.75) is 51.0 Å². The number of hydrogen-bond donors (Lipinski definition) is 2. The number of aromatic nitrogens is 2. The van der Waals surface area contributed by atoms with Crippen LogP contribution in [-0.4, -0.2) is 21.8 Å². The van der Waals surface area contributed by atoms with Crippen molar-refractivity contribution in [3.05, 3.63) is 39.9 Å². The molecule has 1 aliphatic carbocycles. The van der Waals surface area contributed by atoms with Gasteiger partial charge in [-0.05, 0) is 56.7 Å². The summed E-state index contributed by atoms with van der Waals surface area (Å²) in [5.41, 5.74) is 7.50. The smallest absolute Gasteiger partial charge is 0.258 e. The molecule has 2 aromatic rings. The molecule has 126 valence electrons. The lowest BCUT2D eigenvalue weighted by Crippen LogP contribution is -2.12. The van der Waals surface area contributed by atoms with Crippen LogP contribution in [0, 0.1) is 12.8 Å². The largest absolute Gasteiger partial charge is 0.330 e. The van der Waals surface area contributed by atoms with E-state index in [1.54, 1.807) is 0 Å². The highest BCUT2D eigenvalue weighted by molar-refractivity contribution is 7.99. The molecule has 1 fully saturated rings. The molecule has 0 bridgehead atoms.